The summed E-state index contributed by atoms with van der Waals surface area (Å²) >= 11 is 1.65. The van der Waals surface area contributed by atoms with Gasteiger partial charge in [0.25, 0.3) is 0 Å². The molecule has 0 aliphatic carbocycles. The Morgan fingerprint density at radius 1 is 1.29 bits per heavy atom. The van der Waals surface area contributed by atoms with Gasteiger partial charge in [-0.05, 0) is 38.6 Å². The van der Waals surface area contributed by atoms with Gasteiger partial charge in [0.2, 0.25) is 0 Å². The number of thiophene rings is 1. The molecule has 132 valence electrons. The number of fused-ring (bicyclic) bond motifs is 1. The van der Waals surface area contributed by atoms with Crippen LogP contribution in [0.1, 0.15) is 33.6 Å². The third-order valence-electron chi connectivity index (χ3n) is 2.83. The average Bonchev–Trinajstić information content (AvgIpc) is 2.97. The van der Waals surface area contributed by atoms with E-state index in [0.29, 0.717) is 6.42 Å². The lowest BCUT2D eigenvalue weighted by Crippen LogP contribution is -2.23. The molecule has 2 aromatic rings. The zero-order valence-corrected chi connectivity index (χ0v) is 16.7. The van der Waals surface area contributed by atoms with Gasteiger partial charge < -0.3 is 10.1 Å². The van der Waals surface area contributed by atoms with Crippen LogP contribution in [0.5, 0.6) is 0 Å². The number of nitrogens with one attached hydrogen (secondary N) is 1. The predicted octanol–water partition coefficient (Wildman–Crippen LogP) is 4.61. The molecule has 2 aromatic heterocycles. The molecule has 0 unspecified atom stereocenters. The number of anilines is 1. The predicted molar refractivity (Wildman–Crippen MR) is 106 cm³/mol. The van der Waals surface area contributed by atoms with Crippen LogP contribution in [0, 0.1) is 0 Å². The van der Waals surface area contributed by atoms with Gasteiger partial charge in [0.15, 0.2) is 0 Å². The van der Waals surface area contributed by atoms with E-state index in [1.807, 2.05) is 32.2 Å². The third kappa shape index (κ3) is 6.86. The molecule has 1 N–H and O–H groups in total. The third-order valence-corrected chi connectivity index (χ3v) is 6.24. The van der Waals surface area contributed by atoms with E-state index in [1.54, 1.807) is 39.3 Å². The Morgan fingerprint density at radius 2 is 2.08 bits per heavy atom. The van der Waals surface area contributed by atoms with E-state index in [2.05, 4.69) is 15.3 Å². The molecule has 0 fully saturated rings. The quantitative estimate of drug-likeness (QED) is 0.384. The SMILES string of the molecule is CC(C)(C)OC(=O)CCCSSCCNc1ncnc2ccsc12. The molecule has 0 atom stereocenters. The Labute approximate surface area is 154 Å². The summed E-state index contributed by atoms with van der Waals surface area (Å²) in [6.07, 6.45) is 2.93. The second kappa shape index (κ2) is 9.48. The topological polar surface area (TPSA) is 64.1 Å². The number of esters is 1. The van der Waals surface area contributed by atoms with Crippen molar-refractivity contribution in [2.75, 3.05) is 23.4 Å². The highest BCUT2D eigenvalue weighted by Crippen LogP contribution is 2.26. The molecule has 0 radical (unpaired) electrons. The average molecular weight is 386 g/mol. The summed E-state index contributed by atoms with van der Waals surface area (Å²) in [7, 11) is 3.60. The van der Waals surface area contributed by atoms with Crippen molar-refractivity contribution in [3.63, 3.8) is 0 Å². The van der Waals surface area contributed by atoms with Crippen LogP contribution in [0.25, 0.3) is 10.2 Å². The van der Waals surface area contributed by atoms with Crippen molar-refractivity contribution < 1.29 is 9.53 Å². The van der Waals surface area contributed by atoms with Crippen LogP contribution in [0.2, 0.25) is 0 Å². The monoisotopic (exact) mass is 385 g/mol. The van der Waals surface area contributed by atoms with Crippen LogP contribution in [-0.4, -0.2) is 39.6 Å². The van der Waals surface area contributed by atoms with Crippen LogP contribution in [0.4, 0.5) is 5.82 Å². The Hall–Kier alpha value is -0.990. The first-order chi connectivity index (χ1) is 11.5. The summed E-state index contributed by atoms with van der Waals surface area (Å²) in [6.45, 7) is 6.53. The summed E-state index contributed by atoms with van der Waals surface area (Å²) in [5.74, 6) is 2.73. The Kier molecular flexibility index (Phi) is 7.64. The molecular formula is C16H23N3O2S3. The first-order valence-corrected chi connectivity index (χ1v) is 11.2. The number of rotatable bonds is 9. The molecule has 2 heterocycles. The van der Waals surface area contributed by atoms with Gasteiger partial charge in [-0.15, -0.1) is 11.3 Å². The number of ether oxygens (including phenoxy) is 1. The van der Waals surface area contributed by atoms with Gasteiger partial charge in [0, 0.05) is 24.5 Å². The van der Waals surface area contributed by atoms with Gasteiger partial charge in [-0.1, -0.05) is 21.6 Å². The molecule has 0 aliphatic heterocycles. The van der Waals surface area contributed by atoms with Crippen molar-refractivity contribution in [3.05, 3.63) is 17.8 Å². The number of hydrogen-bond acceptors (Lipinski definition) is 8. The second-order valence-corrected chi connectivity index (χ2v) is 9.74. The molecule has 0 aromatic carbocycles. The fourth-order valence-electron chi connectivity index (χ4n) is 1.91. The highest BCUT2D eigenvalue weighted by atomic mass is 33.1. The standard InChI is InChI=1S/C16H23N3O2S3/c1-16(2,3)21-13(20)5-4-8-23-24-10-7-17-15-14-12(6-9-22-14)18-11-19-15/h6,9,11H,4-5,7-8,10H2,1-3H3,(H,17,18,19). The van der Waals surface area contributed by atoms with Crippen molar-refractivity contribution >= 4 is 54.9 Å². The maximum absolute atomic E-state index is 11.6. The van der Waals surface area contributed by atoms with E-state index in [-0.39, 0.29) is 11.6 Å². The minimum Gasteiger partial charge on any atom is -0.460 e. The smallest absolute Gasteiger partial charge is 0.306 e. The molecule has 0 bridgehead atoms. The molecule has 24 heavy (non-hydrogen) atoms. The van der Waals surface area contributed by atoms with Crippen molar-refractivity contribution in [1.29, 1.82) is 0 Å². The lowest BCUT2D eigenvalue weighted by Gasteiger charge is -2.19. The van der Waals surface area contributed by atoms with E-state index < -0.39 is 0 Å². The lowest BCUT2D eigenvalue weighted by atomic mass is 10.2. The number of hydrogen-bond donors (Lipinski definition) is 1. The van der Waals surface area contributed by atoms with Crippen molar-refractivity contribution in [3.8, 4) is 0 Å². The maximum Gasteiger partial charge on any atom is 0.306 e. The van der Waals surface area contributed by atoms with E-state index in [0.717, 1.165) is 40.5 Å². The van der Waals surface area contributed by atoms with Crippen LogP contribution >= 0.6 is 32.9 Å². The van der Waals surface area contributed by atoms with Crippen molar-refractivity contribution in [2.24, 2.45) is 0 Å². The zero-order valence-electron chi connectivity index (χ0n) is 14.2. The minimum atomic E-state index is -0.389. The highest BCUT2D eigenvalue weighted by molar-refractivity contribution is 8.76. The fraction of sp³-hybridized carbons (Fsp3) is 0.562. The molecule has 0 amide bonds. The summed E-state index contributed by atoms with van der Waals surface area (Å²) < 4.78 is 6.39. The molecule has 0 spiro atoms. The lowest BCUT2D eigenvalue weighted by molar-refractivity contribution is -0.154. The van der Waals surface area contributed by atoms with Gasteiger partial charge in [-0.2, -0.15) is 0 Å². The van der Waals surface area contributed by atoms with Gasteiger partial charge in [0.05, 0.1) is 10.2 Å². The van der Waals surface area contributed by atoms with Crippen LogP contribution in [-0.2, 0) is 9.53 Å². The number of aromatic nitrogens is 2. The van der Waals surface area contributed by atoms with Crippen LogP contribution in [0.15, 0.2) is 17.8 Å². The van der Waals surface area contributed by atoms with E-state index in [4.69, 9.17) is 4.74 Å². The minimum absolute atomic E-state index is 0.113. The van der Waals surface area contributed by atoms with Crippen LogP contribution in [0.3, 0.4) is 0 Å². The molecule has 8 heteroatoms. The van der Waals surface area contributed by atoms with Crippen molar-refractivity contribution in [2.45, 2.75) is 39.2 Å². The Bertz CT molecular complexity index is 655. The number of carbonyl (C=O) groups excluding carboxylic acids is 1. The fourth-order valence-corrected chi connectivity index (χ4v) is 4.72. The van der Waals surface area contributed by atoms with Crippen LogP contribution < -0.4 is 5.32 Å². The Morgan fingerprint density at radius 3 is 2.88 bits per heavy atom. The van der Waals surface area contributed by atoms with Gasteiger partial charge in [-0.3, -0.25) is 4.79 Å². The van der Waals surface area contributed by atoms with Crippen molar-refractivity contribution in [1.82, 2.24) is 9.97 Å². The van der Waals surface area contributed by atoms with E-state index >= 15 is 0 Å². The molecule has 0 saturated heterocycles. The Balaban J connectivity index is 1.53. The van der Waals surface area contributed by atoms with E-state index in [9.17, 15) is 4.79 Å². The molecular weight excluding hydrogens is 362 g/mol. The summed E-state index contributed by atoms with van der Waals surface area (Å²) in [4.78, 5) is 20.1. The normalized spacial score (nSPS) is 11.6. The number of nitrogens with zero attached hydrogens (tertiary/aromatic N) is 2. The molecule has 0 saturated carbocycles. The molecule has 5 nitrogen and oxygen atoms in total. The first-order valence-electron chi connectivity index (χ1n) is 7.84. The first kappa shape index (κ1) is 19.3. The second-order valence-electron chi connectivity index (χ2n) is 6.12. The maximum atomic E-state index is 11.6. The molecule has 2 rings (SSSR count). The molecule has 0 aliphatic rings. The van der Waals surface area contributed by atoms with Gasteiger partial charge >= 0.3 is 5.97 Å². The summed E-state index contributed by atoms with van der Waals surface area (Å²) in [5.41, 5.74) is 0.598. The highest BCUT2D eigenvalue weighted by Gasteiger charge is 2.15. The summed E-state index contributed by atoms with van der Waals surface area (Å²) in [5, 5.41) is 5.39. The number of carbonyl (C=O) groups is 1. The largest absolute Gasteiger partial charge is 0.460 e. The zero-order chi connectivity index (χ0) is 17.4. The van der Waals surface area contributed by atoms with Gasteiger partial charge in [0.1, 0.15) is 17.7 Å². The van der Waals surface area contributed by atoms with E-state index in [1.165, 1.54) is 0 Å². The summed E-state index contributed by atoms with van der Waals surface area (Å²) in [6, 6.07) is 2.00. The van der Waals surface area contributed by atoms with Gasteiger partial charge in [-0.25, -0.2) is 9.97 Å².